The van der Waals surface area contributed by atoms with Gasteiger partial charge in [0, 0.05) is 12.1 Å². The molecule has 110 valence electrons. The summed E-state index contributed by atoms with van der Waals surface area (Å²) in [5.41, 5.74) is -0.0432. The van der Waals surface area contributed by atoms with E-state index in [1.54, 1.807) is 18.2 Å². The summed E-state index contributed by atoms with van der Waals surface area (Å²) in [6.07, 6.45) is -0.533. The van der Waals surface area contributed by atoms with Crippen LogP contribution in [0.15, 0.2) is 35.5 Å². The molecule has 1 rings (SSSR count). The van der Waals surface area contributed by atoms with E-state index in [0.717, 1.165) is 0 Å². The molecule has 1 aromatic carbocycles. The summed E-state index contributed by atoms with van der Waals surface area (Å²) in [7, 11) is -4.17. The van der Waals surface area contributed by atoms with E-state index in [1.165, 1.54) is 12.1 Å². The number of hydrogen-bond acceptors (Lipinski definition) is 5. The summed E-state index contributed by atoms with van der Waals surface area (Å²) < 4.78 is 10.6. The van der Waals surface area contributed by atoms with Gasteiger partial charge in [0.1, 0.15) is 0 Å². The van der Waals surface area contributed by atoms with Gasteiger partial charge in [-0.05, 0) is 6.42 Å². The first kappa shape index (κ1) is 16.3. The van der Waals surface area contributed by atoms with Crippen molar-refractivity contribution in [2.45, 2.75) is 6.42 Å². The van der Waals surface area contributed by atoms with Crippen LogP contribution in [0, 0.1) is 0 Å². The molecule has 1 aromatic rings. The zero-order chi connectivity index (χ0) is 15.2. The van der Waals surface area contributed by atoms with E-state index < -0.39 is 19.7 Å². The maximum absolute atomic E-state index is 11.8. The van der Waals surface area contributed by atoms with Gasteiger partial charge in [0.2, 0.25) is 0 Å². The lowest BCUT2D eigenvalue weighted by molar-refractivity contribution is -0.156. The number of carbonyl (C=O) groups excluding carboxylic acids is 1. The van der Waals surface area contributed by atoms with Crippen LogP contribution >= 0.6 is 7.60 Å². The number of benzene rings is 1. The molecule has 8 nitrogen and oxygen atoms in total. The lowest BCUT2D eigenvalue weighted by Crippen LogP contribution is -2.35. The molecule has 0 saturated carbocycles. The average Bonchev–Trinajstić information content (AvgIpc) is 2.39. The fraction of sp³-hybridized carbons (Fsp3) is 0.273. The Kier molecular flexibility index (Phi) is 5.84. The molecule has 0 unspecified atom stereocenters. The first-order valence-electron chi connectivity index (χ1n) is 5.68. The number of carbonyl (C=O) groups is 1. The van der Waals surface area contributed by atoms with E-state index in [2.05, 4.69) is 5.16 Å². The molecule has 9 heteroatoms. The molecular weight excluding hydrogens is 287 g/mol. The van der Waals surface area contributed by atoms with Crippen molar-refractivity contribution in [2.24, 2.45) is 5.16 Å². The second-order valence-corrected chi connectivity index (χ2v) is 5.76. The Balaban J connectivity index is 2.66. The Morgan fingerprint density at radius 3 is 2.35 bits per heavy atom. The molecule has 0 aliphatic heterocycles. The van der Waals surface area contributed by atoms with Crippen LogP contribution in [0.25, 0.3) is 0 Å². The average molecular weight is 302 g/mol. The van der Waals surface area contributed by atoms with Crippen molar-refractivity contribution < 1.29 is 29.6 Å². The summed E-state index contributed by atoms with van der Waals surface area (Å²) in [4.78, 5) is 29.2. The van der Waals surface area contributed by atoms with Gasteiger partial charge >= 0.3 is 7.60 Å². The van der Waals surface area contributed by atoms with E-state index in [4.69, 9.17) is 15.0 Å². The van der Waals surface area contributed by atoms with E-state index in [9.17, 15) is 14.6 Å². The molecule has 4 N–H and O–H groups in total. The molecule has 1 amide bonds. The monoisotopic (exact) mass is 302 g/mol. The SMILES string of the molecule is O=C(C(=NO)c1ccccc1)N(O)CCCP(=O)(O)O. The number of hydroxylamine groups is 2. The predicted molar refractivity (Wildman–Crippen MR) is 69.8 cm³/mol. The number of hydrogen-bond donors (Lipinski definition) is 4. The molecule has 0 saturated heterocycles. The summed E-state index contributed by atoms with van der Waals surface area (Å²) in [6, 6.07) is 8.01. The number of nitrogens with zero attached hydrogens (tertiary/aromatic N) is 2. The van der Waals surface area contributed by atoms with Crippen LogP contribution in [-0.2, 0) is 9.36 Å². The predicted octanol–water partition coefficient (Wildman–Crippen LogP) is 0.650. The van der Waals surface area contributed by atoms with Gasteiger partial charge in [-0.3, -0.25) is 14.6 Å². The van der Waals surface area contributed by atoms with Gasteiger partial charge in [0.05, 0.1) is 6.16 Å². The maximum Gasteiger partial charge on any atom is 0.325 e. The van der Waals surface area contributed by atoms with Gasteiger partial charge in [-0.2, -0.15) is 0 Å². The zero-order valence-electron chi connectivity index (χ0n) is 10.5. The molecule has 20 heavy (non-hydrogen) atoms. The Morgan fingerprint density at radius 1 is 1.25 bits per heavy atom. The fourth-order valence-electron chi connectivity index (χ4n) is 1.47. The minimum atomic E-state index is -4.17. The Bertz CT molecular complexity index is 527. The highest BCUT2D eigenvalue weighted by Crippen LogP contribution is 2.34. The molecule has 0 aromatic heterocycles. The fourth-order valence-corrected chi connectivity index (χ4v) is 2.02. The topological polar surface area (TPSA) is 131 Å². The van der Waals surface area contributed by atoms with Gasteiger partial charge in [-0.1, -0.05) is 35.5 Å². The van der Waals surface area contributed by atoms with Crippen LogP contribution < -0.4 is 0 Å². The van der Waals surface area contributed by atoms with Gasteiger partial charge in [-0.25, -0.2) is 5.06 Å². The third-order valence-electron chi connectivity index (χ3n) is 2.40. The van der Waals surface area contributed by atoms with Crippen LogP contribution in [0.2, 0.25) is 0 Å². The van der Waals surface area contributed by atoms with E-state index in [1.807, 2.05) is 0 Å². The first-order chi connectivity index (χ1) is 9.35. The van der Waals surface area contributed by atoms with Crippen molar-refractivity contribution in [3.63, 3.8) is 0 Å². The third kappa shape index (κ3) is 5.10. The van der Waals surface area contributed by atoms with Crippen molar-refractivity contribution in [1.82, 2.24) is 5.06 Å². The molecule has 0 radical (unpaired) electrons. The van der Waals surface area contributed by atoms with Crippen molar-refractivity contribution in [2.75, 3.05) is 12.7 Å². The quantitative estimate of drug-likeness (QED) is 0.201. The van der Waals surface area contributed by atoms with Crippen LogP contribution in [0.4, 0.5) is 0 Å². The Morgan fingerprint density at radius 2 is 1.85 bits per heavy atom. The molecule has 0 bridgehead atoms. The minimum Gasteiger partial charge on any atom is -0.410 e. The highest BCUT2D eigenvalue weighted by atomic mass is 31.2. The molecule has 0 heterocycles. The standard InChI is InChI=1S/C11H15N2O6P/c14-11(13(16)7-4-8-20(17,18)19)10(12-15)9-5-2-1-3-6-9/h1-3,5-6,15-16H,4,7-8H2,(H2,17,18,19). The van der Waals surface area contributed by atoms with Crippen molar-refractivity contribution in [1.29, 1.82) is 0 Å². The Labute approximate surface area is 115 Å². The van der Waals surface area contributed by atoms with E-state index >= 15 is 0 Å². The van der Waals surface area contributed by atoms with Gasteiger partial charge in [0.25, 0.3) is 5.91 Å². The van der Waals surface area contributed by atoms with Crippen LogP contribution in [0.3, 0.4) is 0 Å². The molecular formula is C11H15N2O6P. The highest BCUT2D eigenvalue weighted by molar-refractivity contribution is 7.51. The van der Waals surface area contributed by atoms with Gasteiger partial charge < -0.3 is 15.0 Å². The molecule has 0 spiro atoms. The van der Waals surface area contributed by atoms with Gasteiger partial charge in [0.15, 0.2) is 5.71 Å². The molecule has 0 fully saturated rings. The van der Waals surface area contributed by atoms with Crippen molar-refractivity contribution in [3.05, 3.63) is 35.9 Å². The largest absolute Gasteiger partial charge is 0.410 e. The second-order valence-electron chi connectivity index (χ2n) is 3.98. The lowest BCUT2D eigenvalue weighted by Gasteiger charge is -2.15. The second kappa shape index (κ2) is 7.16. The smallest absolute Gasteiger partial charge is 0.325 e. The lowest BCUT2D eigenvalue weighted by atomic mass is 10.1. The minimum absolute atomic E-state index is 0.0833. The van der Waals surface area contributed by atoms with Crippen LogP contribution in [0.5, 0.6) is 0 Å². The number of oxime groups is 1. The van der Waals surface area contributed by atoms with E-state index in [-0.39, 0.29) is 23.7 Å². The zero-order valence-corrected chi connectivity index (χ0v) is 11.3. The summed E-state index contributed by atoms with van der Waals surface area (Å²) >= 11 is 0. The summed E-state index contributed by atoms with van der Waals surface area (Å²) in [6.45, 7) is -0.282. The maximum atomic E-state index is 11.8. The number of rotatable bonds is 6. The molecule has 0 atom stereocenters. The number of amides is 1. The Hall–Kier alpha value is -1.73. The normalized spacial score (nSPS) is 12.2. The van der Waals surface area contributed by atoms with Crippen LogP contribution in [-0.4, -0.2) is 49.6 Å². The molecule has 0 aliphatic carbocycles. The third-order valence-corrected chi connectivity index (χ3v) is 3.30. The van der Waals surface area contributed by atoms with Crippen molar-refractivity contribution in [3.8, 4) is 0 Å². The summed E-state index contributed by atoms with van der Waals surface area (Å²) in [5, 5.41) is 21.5. The summed E-state index contributed by atoms with van der Waals surface area (Å²) in [5.74, 6) is -0.954. The van der Waals surface area contributed by atoms with Gasteiger partial charge in [-0.15, -0.1) is 0 Å². The highest BCUT2D eigenvalue weighted by Gasteiger charge is 2.21. The van der Waals surface area contributed by atoms with E-state index in [0.29, 0.717) is 5.56 Å². The first-order valence-corrected chi connectivity index (χ1v) is 7.47. The van der Waals surface area contributed by atoms with Crippen LogP contribution in [0.1, 0.15) is 12.0 Å². The molecule has 0 aliphatic rings. The van der Waals surface area contributed by atoms with Crippen molar-refractivity contribution >= 4 is 19.2 Å².